The van der Waals surface area contributed by atoms with Crippen molar-refractivity contribution in [3.8, 4) is 23.0 Å². The number of esters is 1. The zero-order valence-electron chi connectivity index (χ0n) is 23.1. The molecule has 42 heavy (non-hydrogen) atoms. The van der Waals surface area contributed by atoms with E-state index in [0.717, 1.165) is 0 Å². The highest BCUT2D eigenvalue weighted by Crippen LogP contribution is 2.36. The van der Waals surface area contributed by atoms with Gasteiger partial charge in [-0.2, -0.15) is 5.10 Å². The molecule has 1 atom stereocenters. The van der Waals surface area contributed by atoms with Crippen LogP contribution in [0.5, 0.6) is 23.0 Å². The number of halogens is 1. The number of hydrogen-bond acceptors (Lipinski definition) is 10. The Kier molecular flexibility index (Phi) is 11.0. The number of aliphatic carboxylic acids is 1. The second kappa shape index (κ2) is 14.6. The molecule has 2 aromatic rings. The Labute approximate surface area is 245 Å². The molecule has 14 nitrogen and oxygen atoms in total. The number of carbonyl (C=O) groups is 4. The van der Waals surface area contributed by atoms with E-state index in [4.69, 9.17) is 40.4 Å². The molecule has 224 valence electrons. The summed E-state index contributed by atoms with van der Waals surface area (Å²) in [5.41, 5.74) is 3.88. The molecule has 0 saturated heterocycles. The fourth-order valence-corrected chi connectivity index (χ4v) is 4.12. The van der Waals surface area contributed by atoms with Crippen molar-refractivity contribution in [2.45, 2.75) is 19.9 Å². The highest BCUT2D eigenvalue weighted by Gasteiger charge is 2.32. The van der Waals surface area contributed by atoms with E-state index >= 15 is 0 Å². The van der Waals surface area contributed by atoms with Crippen LogP contribution in [-0.4, -0.2) is 69.2 Å². The molecule has 4 N–H and O–H groups in total. The third-order valence-corrected chi connectivity index (χ3v) is 5.92. The van der Waals surface area contributed by atoms with Gasteiger partial charge in [0.2, 0.25) is 0 Å². The fourth-order valence-electron chi connectivity index (χ4n) is 3.85. The number of methoxy groups -OCH3 is 2. The molecular weight excluding hydrogens is 576 g/mol. The topological polar surface area (TPSA) is 183 Å². The number of benzene rings is 2. The summed E-state index contributed by atoms with van der Waals surface area (Å²) >= 11 is 6.17. The average Bonchev–Trinajstić information content (AvgIpc) is 2.94. The van der Waals surface area contributed by atoms with E-state index in [1.165, 1.54) is 32.6 Å². The van der Waals surface area contributed by atoms with Crippen LogP contribution in [-0.2, 0) is 19.1 Å². The zero-order chi connectivity index (χ0) is 30.8. The Hall–Kier alpha value is -4.98. The van der Waals surface area contributed by atoms with Crippen molar-refractivity contribution in [1.82, 2.24) is 16.1 Å². The number of hydrogen-bond donors (Lipinski definition) is 4. The summed E-state index contributed by atoms with van der Waals surface area (Å²) in [5.74, 6) is -1.63. The molecule has 3 rings (SSSR count). The standard InChI is InChI=1S/C27H29ClN4O10/c1-5-40-26(36)23-14(2)30-27(37)31-24(23)16-6-7-18(19(10-16)38-3)41-12-21(33)32-29-11-15-8-17(28)25(20(9-15)39-4)42-13-22(34)35/h6-11,24H,5,12-13H2,1-4H3,(H,32,33)(H,34,35)(H2,30,31,37)/b29-11-/t24-/m0/s1. The number of carbonyl (C=O) groups excluding carboxylic acids is 3. The molecule has 0 aliphatic carbocycles. The van der Waals surface area contributed by atoms with Crippen LogP contribution in [0, 0.1) is 0 Å². The summed E-state index contributed by atoms with van der Waals surface area (Å²) in [4.78, 5) is 47.8. The minimum Gasteiger partial charge on any atom is -0.493 e. The molecule has 1 heterocycles. The molecule has 0 fully saturated rings. The largest absolute Gasteiger partial charge is 0.493 e. The predicted octanol–water partition coefficient (Wildman–Crippen LogP) is 2.54. The van der Waals surface area contributed by atoms with Crippen LogP contribution in [0.2, 0.25) is 5.02 Å². The van der Waals surface area contributed by atoms with Crippen LogP contribution >= 0.6 is 11.6 Å². The summed E-state index contributed by atoms with van der Waals surface area (Å²) in [5, 5.41) is 18.0. The van der Waals surface area contributed by atoms with E-state index in [1.54, 1.807) is 32.0 Å². The van der Waals surface area contributed by atoms with E-state index in [-0.39, 0.29) is 40.2 Å². The van der Waals surface area contributed by atoms with Crippen molar-refractivity contribution in [1.29, 1.82) is 0 Å². The number of amides is 3. The number of nitrogens with one attached hydrogen (secondary N) is 3. The first kappa shape index (κ1) is 31.5. The number of carboxylic acids is 1. The predicted molar refractivity (Wildman–Crippen MR) is 149 cm³/mol. The lowest BCUT2D eigenvalue weighted by Gasteiger charge is -2.28. The molecule has 0 saturated carbocycles. The highest BCUT2D eigenvalue weighted by molar-refractivity contribution is 6.32. The molecular formula is C27H29ClN4O10. The maximum atomic E-state index is 12.6. The Morgan fingerprint density at radius 3 is 2.48 bits per heavy atom. The molecule has 1 aliphatic rings. The summed E-state index contributed by atoms with van der Waals surface area (Å²) < 4.78 is 26.5. The lowest BCUT2D eigenvalue weighted by Crippen LogP contribution is -2.45. The highest BCUT2D eigenvalue weighted by atomic mass is 35.5. The van der Waals surface area contributed by atoms with Crippen LogP contribution in [0.25, 0.3) is 0 Å². The molecule has 1 aliphatic heterocycles. The van der Waals surface area contributed by atoms with Gasteiger partial charge in [0, 0.05) is 5.70 Å². The van der Waals surface area contributed by atoms with Crippen LogP contribution in [0.15, 0.2) is 46.7 Å². The number of allylic oxidation sites excluding steroid dienone is 1. The van der Waals surface area contributed by atoms with Crippen LogP contribution in [0.4, 0.5) is 4.79 Å². The monoisotopic (exact) mass is 604 g/mol. The zero-order valence-corrected chi connectivity index (χ0v) is 23.9. The average molecular weight is 605 g/mol. The lowest BCUT2D eigenvalue weighted by molar-refractivity contribution is -0.140. The minimum atomic E-state index is -1.18. The Balaban J connectivity index is 1.66. The van der Waals surface area contributed by atoms with Gasteiger partial charge < -0.3 is 39.4 Å². The number of hydrazone groups is 1. The molecule has 0 spiro atoms. The molecule has 0 radical (unpaired) electrons. The number of rotatable bonds is 13. The summed E-state index contributed by atoms with van der Waals surface area (Å²) in [6, 6.07) is 6.41. The van der Waals surface area contributed by atoms with Crippen molar-refractivity contribution in [2.75, 3.05) is 34.0 Å². The van der Waals surface area contributed by atoms with Gasteiger partial charge in [0.05, 0.1) is 43.7 Å². The van der Waals surface area contributed by atoms with E-state index in [9.17, 15) is 19.2 Å². The van der Waals surface area contributed by atoms with E-state index in [1.807, 2.05) is 0 Å². The van der Waals surface area contributed by atoms with Gasteiger partial charge in [-0.25, -0.2) is 19.8 Å². The van der Waals surface area contributed by atoms with E-state index in [2.05, 4.69) is 21.2 Å². The number of urea groups is 1. The van der Waals surface area contributed by atoms with Gasteiger partial charge in [0.25, 0.3) is 5.91 Å². The first-order valence-electron chi connectivity index (χ1n) is 12.4. The van der Waals surface area contributed by atoms with Gasteiger partial charge in [-0.15, -0.1) is 0 Å². The molecule has 3 amide bonds. The number of ether oxygens (including phenoxy) is 5. The van der Waals surface area contributed by atoms with Crippen molar-refractivity contribution >= 4 is 41.7 Å². The third kappa shape index (κ3) is 8.04. The van der Waals surface area contributed by atoms with E-state index in [0.29, 0.717) is 16.8 Å². The molecule has 2 aromatic carbocycles. The van der Waals surface area contributed by atoms with Gasteiger partial charge in [0.15, 0.2) is 36.2 Å². The van der Waals surface area contributed by atoms with Crippen LogP contribution in [0.1, 0.15) is 31.0 Å². The van der Waals surface area contributed by atoms with Crippen molar-refractivity contribution < 1.29 is 48.0 Å². The summed E-state index contributed by atoms with van der Waals surface area (Å²) in [7, 11) is 2.77. The Morgan fingerprint density at radius 2 is 1.81 bits per heavy atom. The quantitative estimate of drug-likeness (QED) is 0.150. The first-order valence-corrected chi connectivity index (χ1v) is 12.8. The van der Waals surface area contributed by atoms with Crippen molar-refractivity contribution in [3.05, 3.63) is 57.8 Å². The van der Waals surface area contributed by atoms with Gasteiger partial charge in [0.1, 0.15) is 0 Å². The van der Waals surface area contributed by atoms with E-state index < -0.39 is 43.1 Å². The summed E-state index contributed by atoms with van der Waals surface area (Å²) in [6.07, 6.45) is 1.30. The first-order chi connectivity index (χ1) is 20.1. The Bertz CT molecular complexity index is 1430. The van der Waals surface area contributed by atoms with Crippen molar-refractivity contribution in [3.63, 3.8) is 0 Å². The maximum absolute atomic E-state index is 12.6. The van der Waals surface area contributed by atoms with Crippen LogP contribution < -0.4 is 35.0 Å². The van der Waals surface area contributed by atoms with Gasteiger partial charge in [-0.1, -0.05) is 17.7 Å². The number of nitrogens with zero attached hydrogens (tertiary/aromatic N) is 1. The second-order valence-electron chi connectivity index (χ2n) is 8.50. The molecule has 0 unspecified atom stereocenters. The third-order valence-electron chi connectivity index (χ3n) is 5.64. The minimum absolute atomic E-state index is 0.0573. The van der Waals surface area contributed by atoms with Gasteiger partial charge >= 0.3 is 18.0 Å². The van der Waals surface area contributed by atoms with Gasteiger partial charge in [-0.05, 0) is 49.2 Å². The normalized spacial score (nSPS) is 14.5. The number of carboxylic acid groups (broad SMARTS) is 1. The van der Waals surface area contributed by atoms with Crippen LogP contribution in [0.3, 0.4) is 0 Å². The SMILES string of the molecule is CCOC(=O)C1=C(C)NC(=O)N[C@H]1c1ccc(OCC(=O)N/N=C\c2cc(Cl)c(OCC(=O)O)c(OC)c2)c(OC)c1. The molecule has 0 bridgehead atoms. The second-order valence-corrected chi connectivity index (χ2v) is 8.91. The van der Waals surface area contributed by atoms with Gasteiger partial charge in [-0.3, -0.25) is 4.79 Å². The summed E-state index contributed by atoms with van der Waals surface area (Å²) in [6.45, 7) is 2.42. The molecule has 15 heteroatoms. The maximum Gasteiger partial charge on any atom is 0.341 e. The fraction of sp³-hybridized carbons (Fsp3) is 0.296. The lowest BCUT2D eigenvalue weighted by atomic mass is 9.95. The smallest absolute Gasteiger partial charge is 0.341 e. The molecule has 0 aromatic heterocycles. The van der Waals surface area contributed by atoms with Crippen molar-refractivity contribution in [2.24, 2.45) is 5.10 Å². The Morgan fingerprint density at radius 1 is 1.07 bits per heavy atom.